The first-order chi connectivity index (χ1) is 14.1. The Labute approximate surface area is 176 Å². The van der Waals surface area contributed by atoms with Crippen LogP contribution in [-0.4, -0.2) is 66.5 Å². The molecule has 2 aromatic rings. The average molecular weight is 416 g/mol. The largest absolute Gasteiger partial charge is 0.394 e. The summed E-state index contributed by atoms with van der Waals surface area (Å²) in [7, 11) is 0. The fourth-order valence-electron chi connectivity index (χ4n) is 3.18. The van der Waals surface area contributed by atoms with Gasteiger partial charge in [-0.05, 0) is 29.8 Å². The van der Waals surface area contributed by atoms with Gasteiger partial charge in [-0.25, -0.2) is 0 Å². The van der Waals surface area contributed by atoms with Crippen LogP contribution in [0.3, 0.4) is 0 Å². The number of nitrogens with zero attached hydrogens (tertiary/aromatic N) is 2. The molecule has 0 spiro atoms. The third-order valence-electron chi connectivity index (χ3n) is 4.85. The van der Waals surface area contributed by atoms with Crippen LogP contribution < -0.4 is 10.2 Å². The molecule has 2 aromatic carbocycles. The van der Waals surface area contributed by atoms with Gasteiger partial charge in [-0.2, -0.15) is 0 Å². The topological polar surface area (TPSA) is 76.0 Å². The number of nitrogens with one attached hydrogen (secondary N) is 1. The molecule has 0 bridgehead atoms. The molecule has 0 saturated carbocycles. The highest BCUT2D eigenvalue weighted by atomic mass is 35.5. The second-order valence-corrected chi connectivity index (χ2v) is 7.35. The normalized spacial score (nSPS) is 15.6. The van der Waals surface area contributed by atoms with E-state index in [1.807, 2.05) is 53.4 Å². The molecule has 1 heterocycles. The molecule has 3 N–H and O–H groups in total. The summed E-state index contributed by atoms with van der Waals surface area (Å²) in [5.74, 6) is 0.0154. The van der Waals surface area contributed by atoms with Gasteiger partial charge in [0.2, 0.25) is 5.91 Å². The molecule has 1 unspecified atom stereocenters. The van der Waals surface area contributed by atoms with Crippen LogP contribution in [0, 0.1) is 0 Å². The Balaban J connectivity index is 1.53. The number of rotatable bonds is 7. The number of benzene rings is 2. The van der Waals surface area contributed by atoms with Crippen LogP contribution in [-0.2, 0) is 4.79 Å². The molecule has 0 radical (unpaired) electrons. The summed E-state index contributed by atoms with van der Waals surface area (Å²) < 4.78 is 0. The monoisotopic (exact) mass is 415 g/mol. The Morgan fingerprint density at radius 3 is 2.52 bits per heavy atom. The molecule has 1 aliphatic heterocycles. The number of halogens is 1. The summed E-state index contributed by atoms with van der Waals surface area (Å²) >= 11 is 6.44. The SMILES string of the molecule is O=C(C=Cc1ccccc1)N1CCN(c2ccc(NCC(O)CO)cc2Cl)CC1. The number of anilines is 2. The molecular formula is C22H26ClN3O3. The number of hydrogen-bond acceptors (Lipinski definition) is 5. The highest BCUT2D eigenvalue weighted by Crippen LogP contribution is 2.29. The molecule has 1 fully saturated rings. The highest BCUT2D eigenvalue weighted by Gasteiger charge is 2.21. The van der Waals surface area contributed by atoms with Gasteiger partial charge >= 0.3 is 0 Å². The second-order valence-electron chi connectivity index (χ2n) is 6.94. The lowest BCUT2D eigenvalue weighted by Gasteiger charge is -2.36. The first-order valence-electron chi connectivity index (χ1n) is 9.66. The molecule has 1 atom stereocenters. The maximum absolute atomic E-state index is 12.4. The van der Waals surface area contributed by atoms with Gasteiger partial charge in [0.05, 0.1) is 23.4 Å². The van der Waals surface area contributed by atoms with Gasteiger partial charge < -0.3 is 25.3 Å². The molecule has 1 aliphatic rings. The first kappa shape index (κ1) is 21.2. The van der Waals surface area contributed by atoms with Crippen molar-refractivity contribution in [1.29, 1.82) is 0 Å². The molecule has 29 heavy (non-hydrogen) atoms. The van der Waals surface area contributed by atoms with Crippen molar-refractivity contribution < 1.29 is 15.0 Å². The van der Waals surface area contributed by atoms with E-state index in [2.05, 4.69) is 10.2 Å². The summed E-state index contributed by atoms with van der Waals surface area (Å²) in [6.07, 6.45) is 2.65. The Morgan fingerprint density at radius 1 is 1.14 bits per heavy atom. The van der Waals surface area contributed by atoms with Gasteiger partial charge in [-0.3, -0.25) is 4.79 Å². The number of piperazine rings is 1. The smallest absolute Gasteiger partial charge is 0.246 e. The van der Waals surface area contributed by atoms with Crippen LogP contribution in [0.1, 0.15) is 5.56 Å². The number of aliphatic hydroxyl groups is 2. The van der Waals surface area contributed by atoms with Gasteiger partial charge in [-0.15, -0.1) is 0 Å². The Bertz CT molecular complexity index is 836. The lowest BCUT2D eigenvalue weighted by Crippen LogP contribution is -2.48. The Hall–Kier alpha value is -2.54. The van der Waals surface area contributed by atoms with E-state index in [9.17, 15) is 9.90 Å². The van der Waals surface area contributed by atoms with Crippen molar-refractivity contribution >= 4 is 35.0 Å². The first-order valence-corrected chi connectivity index (χ1v) is 10.0. The molecule has 6 nitrogen and oxygen atoms in total. The third-order valence-corrected chi connectivity index (χ3v) is 5.15. The summed E-state index contributed by atoms with van der Waals surface area (Å²) in [4.78, 5) is 16.4. The standard InChI is InChI=1S/C22H26ClN3O3/c23-20-14-18(24-15-19(28)16-27)7-8-21(20)25-10-12-26(13-11-25)22(29)9-6-17-4-2-1-3-5-17/h1-9,14,19,24,27-28H,10-13,15-16H2. The van der Waals surface area contributed by atoms with E-state index in [1.165, 1.54) is 0 Å². The van der Waals surface area contributed by atoms with Crippen LogP contribution >= 0.6 is 11.6 Å². The van der Waals surface area contributed by atoms with Gasteiger partial charge in [0.15, 0.2) is 0 Å². The van der Waals surface area contributed by atoms with Gasteiger partial charge in [-0.1, -0.05) is 41.9 Å². The molecule has 0 aliphatic carbocycles. The minimum atomic E-state index is -0.810. The van der Waals surface area contributed by atoms with E-state index >= 15 is 0 Å². The Morgan fingerprint density at radius 2 is 1.86 bits per heavy atom. The lowest BCUT2D eigenvalue weighted by molar-refractivity contribution is -0.126. The zero-order chi connectivity index (χ0) is 20.6. The molecule has 3 rings (SSSR count). The fraction of sp³-hybridized carbons (Fsp3) is 0.318. The molecular weight excluding hydrogens is 390 g/mol. The molecule has 7 heteroatoms. The minimum absolute atomic E-state index is 0.0154. The van der Waals surface area contributed by atoms with Crippen molar-refractivity contribution in [3.8, 4) is 0 Å². The van der Waals surface area contributed by atoms with Crippen molar-refractivity contribution in [2.24, 2.45) is 0 Å². The second kappa shape index (κ2) is 10.3. The van der Waals surface area contributed by atoms with Crippen LogP contribution in [0.15, 0.2) is 54.6 Å². The van der Waals surface area contributed by atoms with E-state index in [1.54, 1.807) is 12.1 Å². The van der Waals surface area contributed by atoms with E-state index in [-0.39, 0.29) is 19.1 Å². The lowest BCUT2D eigenvalue weighted by atomic mass is 10.2. The van der Waals surface area contributed by atoms with Crippen molar-refractivity contribution in [3.05, 3.63) is 65.2 Å². The van der Waals surface area contributed by atoms with Crippen LogP contribution in [0.25, 0.3) is 6.08 Å². The third kappa shape index (κ3) is 5.97. The van der Waals surface area contributed by atoms with E-state index in [4.69, 9.17) is 16.7 Å². The van der Waals surface area contributed by atoms with Gasteiger partial charge in [0, 0.05) is 44.5 Å². The quantitative estimate of drug-likeness (QED) is 0.606. The van der Waals surface area contributed by atoms with E-state index in [0.29, 0.717) is 31.2 Å². The van der Waals surface area contributed by atoms with Crippen LogP contribution in [0.5, 0.6) is 0 Å². The predicted octanol–water partition coefficient (Wildman–Crippen LogP) is 2.47. The van der Waals surface area contributed by atoms with E-state index < -0.39 is 6.10 Å². The van der Waals surface area contributed by atoms with Crippen molar-refractivity contribution in [2.75, 3.05) is 49.5 Å². The number of carbonyl (C=O) groups is 1. The number of amides is 1. The molecule has 0 aromatic heterocycles. The van der Waals surface area contributed by atoms with Crippen molar-refractivity contribution in [2.45, 2.75) is 6.10 Å². The molecule has 1 saturated heterocycles. The van der Waals surface area contributed by atoms with Crippen molar-refractivity contribution in [1.82, 2.24) is 4.90 Å². The van der Waals surface area contributed by atoms with Crippen molar-refractivity contribution in [3.63, 3.8) is 0 Å². The zero-order valence-electron chi connectivity index (χ0n) is 16.2. The zero-order valence-corrected chi connectivity index (χ0v) is 16.9. The summed E-state index contributed by atoms with van der Waals surface area (Å²) in [5, 5.41) is 22.0. The molecule has 154 valence electrons. The Kier molecular flexibility index (Phi) is 7.52. The summed E-state index contributed by atoms with van der Waals surface area (Å²) in [5.41, 5.74) is 2.71. The fourth-order valence-corrected chi connectivity index (χ4v) is 3.48. The van der Waals surface area contributed by atoms with Crippen LogP contribution in [0.4, 0.5) is 11.4 Å². The van der Waals surface area contributed by atoms with Gasteiger partial charge in [0.1, 0.15) is 0 Å². The number of carbonyl (C=O) groups excluding carboxylic acids is 1. The highest BCUT2D eigenvalue weighted by molar-refractivity contribution is 6.33. The van der Waals surface area contributed by atoms with Crippen LogP contribution in [0.2, 0.25) is 5.02 Å². The van der Waals surface area contributed by atoms with Gasteiger partial charge in [0.25, 0.3) is 0 Å². The minimum Gasteiger partial charge on any atom is -0.394 e. The number of aliphatic hydroxyl groups excluding tert-OH is 2. The van der Waals surface area contributed by atoms with E-state index in [0.717, 1.165) is 16.9 Å². The summed E-state index contributed by atoms with van der Waals surface area (Å²) in [6, 6.07) is 15.4. The average Bonchev–Trinajstić information content (AvgIpc) is 2.76. The summed E-state index contributed by atoms with van der Waals surface area (Å²) in [6.45, 7) is 2.65. The molecule has 1 amide bonds. The predicted molar refractivity (Wildman–Crippen MR) is 117 cm³/mol. The number of hydrogen-bond donors (Lipinski definition) is 3. The maximum Gasteiger partial charge on any atom is 0.246 e. The maximum atomic E-state index is 12.4.